The van der Waals surface area contributed by atoms with Crippen molar-refractivity contribution >= 4 is 5.65 Å². The van der Waals surface area contributed by atoms with Crippen LogP contribution in [0.1, 0.15) is 25.5 Å². The molecule has 0 bridgehead atoms. The molecule has 1 N–H and O–H groups in total. The first-order valence-corrected chi connectivity index (χ1v) is 6.41. The standard InChI is InChI=1S/C15H17N3O/c1-3-7-12(4-2)16-11-13-10-15(19)18-9-6-5-8-14(18)17-13/h2,5-6,8-10,12,16H,3,7,11H2,1H3. The molecule has 2 aromatic heterocycles. The van der Waals surface area contributed by atoms with Crippen LogP contribution in [-0.4, -0.2) is 15.4 Å². The lowest BCUT2D eigenvalue weighted by Gasteiger charge is -2.11. The molecule has 0 aliphatic carbocycles. The van der Waals surface area contributed by atoms with Gasteiger partial charge in [0.1, 0.15) is 5.65 Å². The van der Waals surface area contributed by atoms with E-state index in [0.29, 0.717) is 17.9 Å². The molecule has 0 saturated heterocycles. The SMILES string of the molecule is C#CC(CCC)NCc1cc(=O)n2ccccc2n1. The second-order valence-corrected chi connectivity index (χ2v) is 4.40. The highest BCUT2D eigenvalue weighted by Gasteiger charge is 2.05. The average molecular weight is 255 g/mol. The molecular weight excluding hydrogens is 238 g/mol. The van der Waals surface area contributed by atoms with Gasteiger partial charge in [0.2, 0.25) is 0 Å². The van der Waals surface area contributed by atoms with Crippen LogP contribution in [0.25, 0.3) is 5.65 Å². The third-order valence-electron chi connectivity index (χ3n) is 2.93. The number of hydrogen-bond acceptors (Lipinski definition) is 3. The largest absolute Gasteiger partial charge is 0.298 e. The molecule has 1 unspecified atom stereocenters. The maximum Gasteiger partial charge on any atom is 0.258 e. The molecule has 2 rings (SSSR count). The first-order chi connectivity index (χ1) is 9.24. The lowest BCUT2D eigenvalue weighted by Crippen LogP contribution is -2.28. The van der Waals surface area contributed by atoms with Gasteiger partial charge in [0.15, 0.2) is 0 Å². The molecule has 4 nitrogen and oxygen atoms in total. The van der Waals surface area contributed by atoms with Gasteiger partial charge in [-0.2, -0.15) is 0 Å². The van der Waals surface area contributed by atoms with Gasteiger partial charge in [0.05, 0.1) is 11.7 Å². The Labute approximate surface area is 112 Å². The summed E-state index contributed by atoms with van der Waals surface area (Å²) in [7, 11) is 0. The summed E-state index contributed by atoms with van der Waals surface area (Å²) in [6.45, 7) is 2.60. The van der Waals surface area contributed by atoms with Crippen molar-refractivity contribution in [3.05, 3.63) is 46.5 Å². The van der Waals surface area contributed by atoms with E-state index in [1.807, 2.05) is 18.2 Å². The Balaban J connectivity index is 2.18. The second-order valence-electron chi connectivity index (χ2n) is 4.40. The van der Waals surface area contributed by atoms with E-state index in [4.69, 9.17) is 6.42 Å². The first-order valence-electron chi connectivity index (χ1n) is 6.41. The minimum Gasteiger partial charge on any atom is -0.298 e. The molecule has 0 aromatic carbocycles. The van der Waals surface area contributed by atoms with Gasteiger partial charge in [-0.1, -0.05) is 25.3 Å². The van der Waals surface area contributed by atoms with Crippen molar-refractivity contribution in [1.82, 2.24) is 14.7 Å². The zero-order chi connectivity index (χ0) is 13.7. The van der Waals surface area contributed by atoms with E-state index in [1.54, 1.807) is 12.3 Å². The minimum atomic E-state index is -0.0739. The molecular formula is C15H17N3O. The van der Waals surface area contributed by atoms with Crippen LogP contribution < -0.4 is 10.9 Å². The molecule has 0 radical (unpaired) electrons. The van der Waals surface area contributed by atoms with Crippen molar-refractivity contribution in [2.75, 3.05) is 0 Å². The van der Waals surface area contributed by atoms with Gasteiger partial charge in [0.25, 0.3) is 5.56 Å². The number of pyridine rings is 1. The Morgan fingerprint density at radius 1 is 1.53 bits per heavy atom. The molecule has 98 valence electrons. The third-order valence-corrected chi connectivity index (χ3v) is 2.93. The molecule has 0 fully saturated rings. The average Bonchev–Trinajstić information content (AvgIpc) is 2.43. The molecule has 2 aromatic rings. The lowest BCUT2D eigenvalue weighted by molar-refractivity contribution is 0.557. The highest BCUT2D eigenvalue weighted by molar-refractivity contribution is 5.37. The van der Waals surface area contributed by atoms with Crippen LogP contribution in [0.3, 0.4) is 0 Å². The Hall–Kier alpha value is -2.12. The normalized spacial score (nSPS) is 12.2. The van der Waals surface area contributed by atoms with Crippen molar-refractivity contribution in [2.45, 2.75) is 32.4 Å². The summed E-state index contributed by atoms with van der Waals surface area (Å²) >= 11 is 0. The second kappa shape index (κ2) is 6.17. The zero-order valence-corrected chi connectivity index (χ0v) is 11.0. The van der Waals surface area contributed by atoms with E-state index in [-0.39, 0.29) is 11.6 Å². The molecule has 4 heteroatoms. The van der Waals surface area contributed by atoms with Crippen LogP contribution in [0.15, 0.2) is 35.3 Å². The molecule has 0 aliphatic heterocycles. The quantitative estimate of drug-likeness (QED) is 0.825. The van der Waals surface area contributed by atoms with E-state index in [0.717, 1.165) is 12.8 Å². The van der Waals surface area contributed by atoms with Crippen LogP contribution in [0.4, 0.5) is 0 Å². The number of aromatic nitrogens is 2. The van der Waals surface area contributed by atoms with Crippen molar-refractivity contribution in [3.63, 3.8) is 0 Å². The molecule has 2 heterocycles. The summed E-state index contributed by atoms with van der Waals surface area (Å²) in [4.78, 5) is 16.3. The van der Waals surface area contributed by atoms with Gasteiger partial charge in [-0.25, -0.2) is 4.98 Å². The summed E-state index contributed by atoms with van der Waals surface area (Å²) < 4.78 is 1.52. The Bertz CT molecular complexity index is 654. The fraction of sp³-hybridized carbons (Fsp3) is 0.333. The molecule has 19 heavy (non-hydrogen) atoms. The monoisotopic (exact) mass is 255 g/mol. The van der Waals surface area contributed by atoms with Crippen molar-refractivity contribution in [3.8, 4) is 12.3 Å². The summed E-state index contributed by atoms with van der Waals surface area (Å²) in [5, 5.41) is 3.23. The summed E-state index contributed by atoms with van der Waals surface area (Å²) in [6.07, 6.45) is 9.10. The lowest BCUT2D eigenvalue weighted by atomic mass is 10.2. The number of hydrogen-bond donors (Lipinski definition) is 1. The molecule has 0 aliphatic rings. The van der Waals surface area contributed by atoms with Crippen LogP contribution >= 0.6 is 0 Å². The van der Waals surface area contributed by atoms with E-state index < -0.39 is 0 Å². The predicted molar refractivity (Wildman–Crippen MR) is 75.8 cm³/mol. The fourth-order valence-corrected chi connectivity index (χ4v) is 1.95. The van der Waals surface area contributed by atoms with E-state index in [1.165, 1.54) is 4.40 Å². The zero-order valence-electron chi connectivity index (χ0n) is 11.0. The summed E-state index contributed by atoms with van der Waals surface area (Å²) in [5.74, 6) is 2.70. The van der Waals surface area contributed by atoms with Crippen LogP contribution in [0.2, 0.25) is 0 Å². The van der Waals surface area contributed by atoms with Gasteiger partial charge < -0.3 is 0 Å². The van der Waals surface area contributed by atoms with E-state index in [9.17, 15) is 4.79 Å². The van der Waals surface area contributed by atoms with Gasteiger partial charge >= 0.3 is 0 Å². The summed E-state index contributed by atoms with van der Waals surface area (Å²) in [6, 6.07) is 7.06. The van der Waals surface area contributed by atoms with E-state index >= 15 is 0 Å². The Morgan fingerprint density at radius 3 is 3.11 bits per heavy atom. The van der Waals surface area contributed by atoms with Crippen LogP contribution in [0, 0.1) is 12.3 Å². The molecule has 1 atom stereocenters. The Morgan fingerprint density at radius 2 is 2.37 bits per heavy atom. The number of rotatable bonds is 5. The van der Waals surface area contributed by atoms with Gasteiger partial charge in [-0.05, 0) is 18.6 Å². The van der Waals surface area contributed by atoms with Crippen molar-refractivity contribution in [2.24, 2.45) is 0 Å². The maximum absolute atomic E-state index is 11.9. The topological polar surface area (TPSA) is 46.4 Å². The molecule has 0 amide bonds. The van der Waals surface area contributed by atoms with Gasteiger partial charge in [-0.3, -0.25) is 14.5 Å². The number of nitrogens with zero attached hydrogens (tertiary/aromatic N) is 2. The first kappa shape index (κ1) is 13.3. The Kier molecular flexibility index (Phi) is 4.32. The van der Waals surface area contributed by atoms with Gasteiger partial charge in [-0.15, -0.1) is 6.42 Å². The highest BCUT2D eigenvalue weighted by atomic mass is 16.1. The smallest absolute Gasteiger partial charge is 0.258 e. The van der Waals surface area contributed by atoms with Crippen molar-refractivity contribution in [1.29, 1.82) is 0 Å². The molecule has 0 saturated carbocycles. The van der Waals surface area contributed by atoms with E-state index in [2.05, 4.69) is 23.1 Å². The van der Waals surface area contributed by atoms with Crippen molar-refractivity contribution < 1.29 is 0 Å². The third kappa shape index (κ3) is 3.21. The fourth-order valence-electron chi connectivity index (χ4n) is 1.95. The highest BCUT2D eigenvalue weighted by Crippen LogP contribution is 2.00. The molecule has 0 spiro atoms. The van der Waals surface area contributed by atoms with Crippen LogP contribution in [0.5, 0.6) is 0 Å². The summed E-state index contributed by atoms with van der Waals surface area (Å²) in [5.41, 5.74) is 1.29. The number of fused-ring (bicyclic) bond motifs is 1. The number of terminal acetylenes is 1. The van der Waals surface area contributed by atoms with Gasteiger partial charge in [0, 0.05) is 18.8 Å². The predicted octanol–water partition coefficient (Wildman–Crippen LogP) is 1.59. The minimum absolute atomic E-state index is 0.0287. The number of nitrogens with one attached hydrogen (secondary N) is 1. The maximum atomic E-state index is 11.9. The van der Waals surface area contributed by atoms with Crippen LogP contribution in [-0.2, 0) is 6.54 Å².